The molecule has 4 heterocycles. The van der Waals surface area contributed by atoms with Gasteiger partial charge in [-0.25, -0.2) is 4.52 Å². The number of fused-ring (bicyclic) bond motifs is 1. The van der Waals surface area contributed by atoms with Gasteiger partial charge in [-0.15, -0.1) is 5.10 Å². The fourth-order valence-electron chi connectivity index (χ4n) is 3.80. The molecule has 2 aliphatic rings. The maximum absolute atomic E-state index is 4.75. The summed E-state index contributed by atoms with van der Waals surface area (Å²) in [6, 6.07) is 4.82. The molecule has 0 amide bonds. The van der Waals surface area contributed by atoms with Crippen LogP contribution < -0.4 is 10.2 Å². The molecular formula is C16H23N5. The number of aryl methyl sites for hydroxylation is 1. The van der Waals surface area contributed by atoms with Gasteiger partial charge in [0.2, 0.25) is 5.95 Å². The van der Waals surface area contributed by atoms with Gasteiger partial charge >= 0.3 is 0 Å². The number of nitrogens with one attached hydrogen (secondary N) is 1. The highest BCUT2D eigenvalue weighted by molar-refractivity contribution is 5.50. The first kappa shape index (κ1) is 13.1. The molecule has 21 heavy (non-hydrogen) atoms. The SMILES string of the molecule is Cc1cccn2nc(N3CCCC(C4CCCN4)C3)nc12. The number of nitrogens with zero attached hydrogens (tertiary/aromatic N) is 4. The van der Waals surface area contributed by atoms with Crippen LogP contribution in [-0.2, 0) is 0 Å². The van der Waals surface area contributed by atoms with Gasteiger partial charge in [-0.2, -0.15) is 4.98 Å². The number of anilines is 1. The minimum absolute atomic E-state index is 0.701. The van der Waals surface area contributed by atoms with Crippen molar-refractivity contribution in [1.82, 2.24) is 19.9 Å². The van der Waals surface area contributed by atoms with Crippen molar-refractivity contribution in [3.8, 4) is 0 Å². The van der Waals surface area contributed by atoms with Crippen LogP contribution in [-0.4, -0.2) is 40.3 Å². The number of aromatic nitrogens is 3. The third kappa shape index (κ3) is 2.39. The van der Waals surface area contributed by atoms with Gasteiger partial charge in [0.1, 0.15) is 0 Å². The van der Waals surface area contributed by atoms with Crippen LogP contribution in [0.2, 0.25) is 0 Å². The predicted octanol–water partition coefficient (Wildman–Crippen LogP) is 2.01. The lowest BCUT2D eigenvalue weighted by molar-refractivity contribution is 0.327. The quantitative estimate of drug-likeness (QED) is 0.917. The Morgan fingerprint density at radius 1 is 1.29 bits per heavy atom. The number of pyridine rings is 1. The van der Waals surface area contributed by atoms with Crippen molar-refractivity contribution in [2.24, 2.45) is 5.92 Å². The second-order valence-electron chi connectivity index (χ2n) is 6.42. The fraction of sp³-hybridized carbons (Fsp3) is 0.625. The van der Waals surface area contributed by atoms with Crippen molar-refractivity contribution in [2.45, 2.75) is 38.6 Å². The number of piperidine rings is 1. The Morgan fingerprint density at radius 2 is 2.24 bits per heavy atom. The second-order valence-corrected chi connectivity index (χ2v) is 6.42. The molecule has 2 aromatic rings. The van der Waals surface area contributed by atoms with E-state index in [1.807, 2.05) is 16.8 Å². The smallest absolute Gasteiger partial charge is 0.245 e. The molecule has 2 aliphatic heterocycles. The summed E-state index contributed by atoms with van der Waals surface area (Å²) in [4.78, 5) is 7.13. The number of hydrogen-bond acceptors (Lipinski definition) is 4. The van der Waals surface area contributed by atoms with E-state index in [1.165, 1.54) is 37.8 Å². The Hall–Kier alpha value is -1.62. The Balaban J connectivity index is 1.57. The average Bonchev–Trinajstić information content (AvgIpc) is 3.18. The maximum Gasteiger partial charge on any atom is 0.245 e. The molecule has 5 nitrogen and oxygen atoms in total. The van der Waals surface area contributed by atoms with E-state index in [0.29, 0.717) is 6.04 Å². The van der Waals surface area contributed by atoms with E-state index in [2.05, 4.69) is 28.3 Å². The van der Waals surface area contributed by atoms with Crippen molar-refractivity contribution >= 4 is 11.6 Å². The highest BCUT2D eigenvalue weighted by Gasteiger charge is 2.30. The second kappa shape index (κ2) is 5.30. The van der Waals surface area contributed by atoms with Crippen molar-refractivity contribution in [2.75, 3.05) is 24.5 Å². The highest BCUT2D eigenvalue weighted by Crippen LogP contribution is 2.27. The van der Waals surface area contributed by atoms with Crippen LogP contribution in [0.3, 0.4) is 0 Å². The monoisotopic (exact) mass is 285 g/mol. The van der Waals surface area contributed by atoms with Crippen LogP contribution >= 0.6 is 0 Å². The molecule has 112 valence electrons. The van der Waals surface area contributed by atoms with Gasteiger partial charge in [0.15, 0.2) is 5.65 Å². The Labute approximate surface area is 125 Å². The molecule has 2 atom stereocenters. The van der Waals surface area contributed by atoms with E-state index >= 15 is 0 Å². The third-order valence-corrected chi connectivity index (χ3v) is 4.95. The van der Waals surface area contributed by atoms with Crippen LogP contribution in [0.4, 0.5) is 5.95 Å². The highest BCUT2D eigenvalue weighted by atomic mass is 15.4. The summed E-state index contributed by atoms with van der Waals surface area (Å²) in [7, 11) is 0. The van der Waals surface area contributed by atoms with Crippen molar-refractivity contribution in [3.63, 3.8) is 0 Å². The van der Waals surface area contributed by atoms with Crippen LogP contribution in [0, 0.1) is 12.8 Å². The van der Waals surface area contributed by atoms with E-state index in [9.17, 15) is 0 Å². The van der Waals surface area contributed by atoms with Gasteiger partial charge < -0.3 is 10.2 Å². The molecule has 4 rings (SSSR count). The molecule has 2 saturated heterocycles. The lowest BCUT2D eigenvalue weighted by Gasteiger charge is -2.35. The molecule has 0 bridgehead atoms. The van der Waals surface area contributed by atoms with Gasteiger partial charge in [0, 0.05) is 25.3 Å². The zero-order chi connectivity index (χ0) is 14.2. The van der Waals surface area contributed by atoms with Crippen molar-refractivity contribution < 1.29 is 0 Å². The molecule has 0 radical (unpaired) electrons. The average molecular weight is 285 g/mol. The Kier molecular flexibility index (Phi) is 3.30. The first-order valence-corrected chi connectivity index (χ1v) is 8.11. The van der Waals surface area contributed by atoms with Crippen LogP contribution in [0.25, 0.3) is 5.65 Å². The van der Waals surface area contributed by atoms with E-state index in [0.717, 1.165) is 30.6 Å². The number of hydrogen-bond donors (Lipinski definition) is 1. The molecule has 2 aromatic heterocycles. The fourth-order valence-corrected chi connectivity index (χ4v) is 3.80. The zero-order valence-electron chi connectivity index (χ0n) is 12.6. The van der Waals surface area contributed by atoms with E-state index in [4.69, 9.17) is 4.98 Å². The van der Waals surface area contributed by atoms with E-state index in [1.54, 1.807) is 0 Å². The normalized spacial score (nSPS) is 26.6. The summed E-state index contributed by atoms with van der Waals surface area (Å²) < 4.78 is 1.90. The van der Waals surface area contributed by atoms with Crippen molar-refractivity contribution in [3.05, 3.63) is 23.9 Å². The van der Waals surface area contributed by atoms with Crippen molar-refractivity contribution in [1.29, 1.82) is 0 Å². The van der Waals surface area contributed by atoms with Crippen LogP contribution in [0.5, 0.6) is 0 Å². The molecule has 0 aromatic carbocycles. The summed E-state index contributed by atoms with van der Waals surface area (Å²) in [5.74, 6) is 1.64. The Morgan fingerprint density at radius 3 is 3.05 bits per heavy atom. The summed E-state index contributed by atoms with van der Waals surface area (Å²) in [5, 5.41) is 8.33. The van der Waals surface area contributed by atoms with Gasteiger partial charge in [-0.1, -0.05) is 6.07 Å². The minimum Gasteiger partial charge on any atom is -0.339 e. The molecular weight excluding hydrogens is 262 g/mol. The molecule has 0 aliphatic carbocycles. The van der Waals surface area contributed by atoms with E-state index < -0.39 is 0 Å². The lowest BCUT2D eigenvalue weighted by Crippen LogP contribution is -2.44. The van der Waals surface area contributed by atoms with Gasteiger partial charge in [-0.05, 0) is 56.7 Å². The molecule has 0 spiro atoms. The summed E-state index contributed by atoms with van der Waals surface area (Å²) >= 11 is 0. The molecule has 5 heteroatoms. The van der Waals surface area contributed by atoms with Gasteiger partial charge in [0.25, 0.3) is 0 Å². The summed E-state index contributed by atoms with van der Waals surface area (Å²) in [6.07, 6.45) is 7.22. The standard InChI is InChI=1S/C16H23N5/c1-12-5-3-10-21-15(12)18-16(19-21)20-9-4-6-13(11-20)14-7-2-8-17-14/h3,5,10,13-14,17H,2,4,6-9,11H2,1H3. The first-order valence-electron chi connectivity index (χ1n) is 8.11. The largest absolute Gasteiger partial charge is 0.339 e. The Bertz CT molecular complexity index is 629. The molecule has 0 saturated carbocycles. The first-order chi connectivity index (χ1) is 10.3. The summed E-state index contributed by atoms with van der Waals surface area (Å²) in [6.45, 7) is 5.45. The minimum atomic E-state index is 0.701. The van der Waals surface area contributed by atoms with Crippen LogP contribution in [0.15, 0.2) is 18.3 Å². The molecule has 2 unspecified atom stereocenters. The maximum atomic E-state index is 4.75. The lowest BCUT2D eigenvalue weighted by atomic mass is 9.90. The molecule has 2 fully saturated rings. The van der Waals surface area contributed by atoms with E-state index in [-0.39, 0.29) is 0 Å². The third-order valence-electron chi connectivity index (χ3n) is 4.95. The van der Waals surface area contributed by atoms with Crippen LogP contribution in [0.1, 0.15) is 31.2 Å². The molecule has 1 N–H and O–H groups in total. The topological polar surface area (TPSA) is 45.5 Å². The number of rotatable bonds is 2. The predicted molar refractivity (Wildman–Crippen MR) is 83.7 cm³/mol. The van der Waals surface area contributed by atoms with Gasteiger partial charge in [0.05, 0.1) is 0 Å². The summed E-state index contributed by atoms with van der Waals surface area (Å²) in [5.41, 5.74) is 2.16. The van der Waals surface area contributed by atoms with Gasteiger partial charge in [-0.3, -0.25) is 0 Å². The zero-order valence-corrected chi connectivity index (χ0v) is 12.6.